The van der Waals surface area contributed by atoms with Crippen molar-refractivity contribution in [2.75, 3.05) is 11.9 Å². The number of carbonyl (C=O) groups is 1. The predicted molar refractivity (Wildman–Crippen MR) is 60.4 cm³/mol. The van der Waals surface area contributed by atoms with Gasteiger partial charge in [-0.05, 0) is 6.07 Å². The van der Waals surface area contributed by atoms with Gasteiger partial charge in [0.1, 0.15) is 0 Å². The van der Waals surface area contributed by atoms with Crippen molar-refractivity contribution in [1.29, 1.82) is 0 Å². The zero-order valence-electron chi connectivity index (χ0n) is 8.88. The van der Waals surface area contributed by atoms with Crippen molar-refractivity contribution >= 4 is 17.3 Å². The van der Waals surface area contributed by atoms with Crippen molar-refractivity contribution in [3.8, 4) is 0 Å². The normalized spacial score (nSPS) is 16.9. The van der Waals surface area contributed by atoms with Gasteiger partial charge in [0.15, 0.2) is 0 Å². The Balaban J connectivity index is 2.11. The molecule has 1 heterocycles. The van der Waals surface area contributed by atoms with E-state index in [0.29, 0.717) is 24.3 Å². The van der Waals surface area contributed by atoms with Gasteiger partial charge in [0.25, 0.3) is 5.69 Å². The number of anilines is 1. The van der Waals surface area contributed by atoms with Crippen LogP contribution in [-0.4, -0.2) is 17.5 Å². The molecule has 6 nitrogen and oxygen atoms in total. The summed E-state index contributed by atoms with van der Waals surface area (Å²) in [6, 6.07) is 6.07. The molecule has 1 fully saturated rings. The molecule has 0 amide bonds. The second kappa shape index (κ2) is 4.65. The number of nitro groups is 1. The molecule has 0 aromatic heterocycles. The lowest BCUT2D eigenvalue weighted by molar-refractivity contribution is -0.384. The molecule has 0 atom stereocenters. The van der Waals surface area contributed by atoms with E-state index in [9.17, 15) is 14.9 Å². The minimum Gasteiger partial charge on any atom is -0.462 e. The second-order valence-corrected chi connectivity index (χ2v) is 3.51. The Kier molecular flexibility index (Phi) is 3.04. The largest absolute Gasteiger partial charge is 0.462 e. The first-order valence-corrected chi connectivity index (χ1v) is 5.04. The van der Waals surface area contributed by atoms with E-state index >= 15 is 0 Å². The summed E-state index contributed by atoms with van der Waals surface area (Å²) in [4.78, 5) is 21.2. The Morgan fingerprint density at radius 2 is 2.29 bits per heavy atom. The zero-order chi connectivity index (χ0) is 12.3. The Morgan fingerprint density at radius 3 is 2.94 bits per heavy atom. The van der Waals surface area contributed by atoms with Crippen LogP contribution in [0.1, 0.15) is 6.42 Å². The molecule has 1 aromatic rings. The number of hydrogen-bond donors (Lipinski definition) is 1. The number of hydrogen-bond acceptors (Lipinski definition) is 5. The average Bonchev–Trinajstić information content (AvgIpc) is 2.72. The van der Waals surface area contributed by atoms with Crippen LogP contribution in [0.3, 0.4) is 0 Å². The molecule has 1 saturated heterocycles. The van der Waals surface area contributed by atoms with Crippen LogP contribution in [0.5, 0.6) is 0 Å². The molecule has 0 aliphatic carbocycles. The van der Waals surface area contributed by atoms with Crippen LogP contribution in [0.2, 0.25) is 0 Å². The van der Waals surface area contributed by atoms with E-state index in [1.54, 1.807) is 12.1 Å². The topological polar surface area (TPSA) is 81.5 Å². The van der Waals surface area contributed by atoms with Gasteiger partial charge in [0.05, 0.1) is 17.1 Å². The summed E-state index contributed by atoms with van der Waals surface area (Å²) < 4.78 is 4.76. The number of esters is 1. The molecule has 1 aliphatic heterocycles. The van der Waals surface area contributed by atoms with Crippen LogP contribution in [0, 0.1) is 10.1 Å². The number of ether oxygens (including phenoxy) is 1. The van der Waals surface area contributed by atoms with Gasteiger partial charge in [0.2, 0.25) is 0 Å². The average molecular weight is 234 g/mol. The summed E-state index contributed by atoms with van der Waals surface area (Å²) in [5.74, 6) is -0.345. The summed E-state index contributed by atoms with van der Waals surface area (Å²) in [7, 11) is 0. The van der Waals surface area contributed by atoms with Gasteiger partial charge in [-0.15, -0.1) is 0 Å². The highest BCUT2D eigenvalue weighted by Gasteiger charge is 2.18. The molecule has 0 saturated carbocycles. The smallest absolute Gasteiger partial charge is 0.335 e. The fourth-order valence-corrected chi connectivity index (χ4v) is 1.46. The molecular formula is C11H10N2O4. The third-order valence-electron chi connectivity index (χ3n) is 2.34. The maximum Gasteiger partial charge on any atom is 0.335 e. The summed E-state index contributed by atoms with van der Waals surface area (Å²) in [6.07, 6.45) is 2.08. The molecule has 2 rings (SSSR count). The second-order valence-electron chi connectivity index (χ2n) is 3.51. The van der Waals surface area contributed by atoms with E-state index in [-0.39, 0.29) is 11.7 Å². The van der Waals surface area contributed by atoms with Crippen LogP contribution in [0.15, 0.2) is 36.0 Å². The van der Waals surface area contributed by atoms with E-state index in [2.05, 4.69) is 5.32 Å². The molecule has 1 aliphatic rings. The quantitative estimate of drug-likeness (QED) is 0.373. The maximum absolute atomic E-state index is 11.1. The van der Waals surface area contributed by atoms with Gasteiger partial charge in [0, 0.05) is 30.4 Å². The molecule has 0 radical (unpaired) electrons. The van der Waals surface area contributed by atoms with Crippen LogP contribution in [0.4, 0.5) is 11.4 Å². The number of benzene rings is 1. The van der Waals surface area contributed by atoms with E-state index in [1.807, 2.05) is 0 Å². The third kappa shape index (κ3) is 2.60. The summed E-state index contributed by atoms with van der Waals surface area (Å²) in [5, 5.41) is 13.4. The van der Waals surface area contributed by atoms with Gasteiger partial charge < -0.3 is 10.1 Å². The highest BCUT2D eigenvalue weighted by molar-refractivity contribution is 5.90. The van der Waals surface area contributed by atoms with Crippen LogP contribution >= 0.6 is 0 Å². The van der Waals surface area contributed by atoms with Crippen molar-refractivity contribution in [3.05, 3.63) is 46.2 Å². The minimum atomic E-state index is -0.470. The van der Waals surface area contributed by atoms with E-state index in [0.717, 1.165) is 0 Å². The fourth-order valence-electron chi connectivity index (χ4n) is 1.46. The predicted octanol–water partition coefficient (Wildman–Crippen LogP) is 1.84. The molecular weight excluding hydrogens is 224 g/mol. The Labute approximate surface area is 97.0 Å². The number of nitrogens with zero attached hydrogens (tertiary/aromatic N) is 1. The van der Waals surface area contributed by atoms with Gasteiger partial charge in [-0.2, -0.15) is 0 Å². The molecule has 0 unspecified atom stereocenters. The van der Waals surface area contributed by atoms with Gasteiger partial charge in [-0.1, -0.05) is 6.07 Å². The molecule has 0 spiro atoms. The molecule has 88 valence electrons. The van der Waals surface area contributed by atoms with Crippen molar-refractivity contribution in [1.82, 2.24) is 0 Å². The zero-order valence-corrected chi connectivity index (χ0v) is 8.88. The van der Waals surface area contributed by atoms with Crippen LogP contribution in [-0.2, 0) is 9.53 Å². The molecule has 0 bridgehead atoms. The Bertz CT molecular complexity index is 496. The van der Waals surface area contributed by atoms with E-state index < -0.39 is 4.92 Å². The number of rotatable bonds is 3. The summed E-state index contributed by atoms with van der Waals surface area (Å²) in [6.45, 7) is 0.390. The Hall–Kier alpha value is -2.37. The Morgan fingerprint density at radius 1 is 1.47 bits per heavy atom. The van der Waals surface area contributed by atoms with E-state index in [1.165, 1.54) is 18.3 Å². The number of cyclic esters (lactones) is 1. The maximum atomic E-state index is 11.1. The highest BCUT2D eigenvalue weighted by Crippen LogP contribution is 2.18. The molecule has 1 N–H and O–H groups in total. The standard InChI is InChI=1S/C11H10N2O4/c14-11-8(4-5-17-11)7-12-9-2-1-3-10(6-9)13(15)16/h1-3,6-7,12H,4-5H2. The van der Waals surface area contributed by atoms with Crippen molar-refractivity contribution < 1.29 is 14.5 Å². The number of non-ortho nitro benzene ring substituents is 1. The number of carbonyl (C=O) groups excluding carboxylic acids is 1. The lowest BCUT2D eigenvalue weighted by Gasteiger charge is -2.00. The first kappa shape index (κ1) is 11.1. The first-order valence-electron chi connectivity index (χ1n) is 5.04. The monoisotopic (exact) mass is 234 g/mol. The number of nitrogens with one attached hydrogen (secondary N) is 1. The SMILES string of the molecule is O=C1OCCC1=CNc1cccc([N+](=O)[O-])c1. The van der Waals surface area contributed by atoms with Crippen LogP contribution in [0.25, 0.3) is 0 Å². The third-order valence-corrected chi connectivity index (χ3v) is 2.34. The number of nitro benzene ring substituents is 1. The first-order chi connectivity index (χ1) is 8.16. The molecule has 6 heteroatoms. The lowest BCUT2D eigenvalue weighted by atomic mass is 10.2. The van der Waals surface area contributed by atoms with Crippen molar-refractivity contribution in [3.63, 3.8) is 0 Å². The fraction of sp³-hybridized carbons (Fsp3) is 0.182. The summed E-state index contributed by atoms with van der Waals surface area (Å²) >= 11 is 0. The lowest BCUT2D eigenvalue weighted by Crippen LogP contribution is -1.98. The highest BCUT2D eigenvalue weighted by atomic mass is 16.6. The van der Waals surface area contributed by atoms with Gasteiger partial charge >= 0.3 is 5.97 Å². The minimum absolute atomic E-state index is 0.00222. The van der Waals surface area contributed by atoms with Gasteiger partial charge in [-0.3, -0.25) is 10.1 Å². The van der Waals surface area contributed by atoms with Crippen LogP contribution < -0.4 is 5.32 Å². The van der Waals surface area contributed by atoms with E-state index in [4.69, 9.17) is 4.74 Å². The van der Waals surface area contributed by atoms with Gasteiger partial charge in [-0.25, -0.2) is 4.79 Å². The van der Waals surface area contributed by atoms with Crippen molar-refractivity contribution in [2.24, 2.45) is 0 Å². The molecule has 17 heavy (non-hydrogen) atoms. The van der Waals surface area contributed by atoms with Crippen molar-refractivity contribution in [2.45, 2.75) is 6.42 Å². The molecule has 1 aromatic carbocycles. The summed E-state index contributed by atoms with van der Waals surface area (Å²) in [5.41, 5.74) is 1.10.